The smallest absolute Gasteiger partial charge is 0.251 e. The van der Waals surface area contributed by atoms with Gasteiger partial charge >= 0.3 is 0 Å². The fraction of sp³-hybridized carbons (Fsp3) is 0.294. The molecule has 1 amide bonds. The molecule has 1 aromatic heterocycles. The Labute approximate surface area is 146 Å². The summed E-state index contributed by atoms with van der Waals surface area (Å²) in [5.74, 6) is -0.427. The van der Waals surface area contributed by atoms with Crippen molar-refractivity contribution in [1.82, 2.24) is 14.6 Å². The number of benzene rings is 1. The van der Waals surface area contributed by atoms with E-state index in [1.807, 2.05) is 13.0 Å². The molecule has 1 heterocycles. The monoisotopic (exact) mass is 363 g/mol. The Morgan fingerprint density at radius 3 is 2.52 bits per heavy atom. The van der Waals surface area contributed by atoms with E-state index in [9.17, 15) is 18.0 Å². The van der Waals surface area contributed by atoms with E-state index < -0.39 is 15.9 Å². The number of carbonyl (C=O) groups is 1. The van der Waals surface area contributed by atoms with E-state index >= 15 is 0 Å². The molecule has 8 heteroatoms. The molecule has 0 unspecified atom stereocenters. The van der Waals surface area contributed by atoms with Gasteiger partial charge in [-0.05, 0) is 37.1 Å². The molecule has 0 atom stereocenters. The van der Waals surface area contributed by atoms with Gasteiger partial charge in [-0.15, -0.1) is 0 Å². The highest BCUT2D eigenvalue weighted by Gasteiger charge is 2.16. The summed E-state index contributed by atoms with van der Waals surface area (Å²) in [5.41, 5.74) is 1.45. The van der Waals surface area contributed by atoms with Gasteiger partial charge in [0.1, 0.15) is 0 Å². The largest absolute Gasteiger partial charge is 0.351 e. The van der Waals surface area contributed by atoms with E-state index in [-0.39, 0.29) is 29.1 Å². The van der Waals surface area contributed by atoms with Crippen LogP contribution >= 0.6 is 0 Å². The van der Waals surface area contributed by atoms with Crippen LogP contribution in [-0.4, -0.2) is 32.0 Å². The third kappa shape index (κ3) is 4.77. The minimum atomic E-state index is -3.64. The summed E-state index contributed by atoms with van der Waals surface area (Å²) in [7, 11) is -2.05. The van der Waals surface area contributed by atoms with Gasteiger partial charge in [0.25, 0.3) is 11.5 Å². The second-order valence-corrected chi connectivity index (χ2v) is 7.52. The van der Waals surface area contributed by atoms with E-state index in [1.54, 1.807) is 26.1 Å². The first kappa shape index (κ1) is 18.9. The lowest BCUT2D eigenvalue weighted by Crippen LogP contribution is -2.35. The van der Waals surface area contributed by atoms with Crippen LogP contribution in [0.15, 0.2) is 46.2 Å². The van der Waals surface area contributed by atoms with Gasteiger partial charge in [-0.25, -0.2) is 13.1 Å². The number of rotatable bonds is 6. The van der Waals surface area contributed by atoms with Crippen LogP contribution in [0.2, 0.25) is 0 Å². The van der Waals surface area contributed by atoms with Crippen LogP contribution in [0.4, 0.5) is 0 Å². The number of amides is 1. The third-order valence-electron chi connectivity index (χ3n) is 3.70. The SMILES string of the molecule is Cc1ccc(C)c(S(=O)(=O)NCCNC(=O)c2ccn(C)c(=O)c2)c1. The molecule has 2 rings (SSSR count). The number of sulfonamides is 1. The van der Waals surface area contributed by atoms with Gasteiger partial charge in [-0.2, -0.15) is 0 Å². The van der Waals surface area contributed by atoms with Crippen LogP contribution < -0.4 is 15.6 Å². The molecule has 2 aromatic rings. The van der Waals surface area contributed by atoms with Gasteiger partial charge in [-0.1, -0.05) is 12.1 Å². The number of hydrogen-bond donors (Lipinski definition) is 2. The van der Waals surface area contributed by atoms with Crippen molar-refractivity contribution in [2.75, 3.05) is 13.1 Å². The lowest BCUT2D eigenvalue weighted by atomic mass is 10.2. The van der Waals surface area contributed by atoms with Crippen molar-refractivity contribution in [2.45, 2.75) is 18.7 Å². The van der Waals surface area contributed by atoms with Gasteiger partial charge < -0.3 is 9.88 Å². The Bertz CT molecular complexity index is 949. The maximum Gasteiger partial charge on any atom is 0.251 e. The predicted octanol–water partition coefficient (Wildman–Crippen LogP) is 0.710. The normalized spacial score (nSPS) is 11.3. The van der Waals surface area contributed by atoms with Crippen molar-refractivity contribution in [3.63, 3.8) is 0 Å². The summed E-state index contributed by atoms with van der Waals surface area (Å²) >= 11 is 0. The molecule has 0 spiro atoms. The number of nitrogens with zero attached hydrogens (tertiary/aromatic N) is 1. The van der Waals surface area contributed by atoms with Crippen molar-refractivity contribution in [3.05, 3.63) is 63.6 Å². The molecule has 7 nitrogen and oxygen atoms in total. The number of hydrogen-bond acceptors (Lipinski definition) is 4. The lowest BCUT2D eigenvalue weighted by molar-refractivity contribution is 0.0954. The van der Waals surface area contributed by atoms with Crippen LogP contribution in [0.1, 0.15) is 21.5 Å². The molecular formula is C17H21N3O4S. The minimum absolute atomic E-state index is 0.0479. The quantitative estimate of drug-likeness (QED) is 0.739. The molecule has 1 aromatic carbocycles. The summed E-state index contributed by atoms with van der Waals surface area (Å²) in [5, 5.41) is 2.58. The van der Waals surface area contributed by atoms with E-state index in [1.165, 1.54) is 22.9 Å². The molecule has 25 heavy (non-hydrogen) atoms. The first-order valence-corrected chi connectivity index (χ1v) is 9.21. The molecule has 0 bridgehead atoms. The van der Waals surface area contributed by atoms with Gasteiger partial charge in [0, 0.05) is 38.0 Å². The Hall–Kier alpha value is -2.45. The van der Waals surface area contributed by atoms with E-state index in [0.29, 0.717) is 5.56 Å². The Balaban J connectivity index is 1.94. The van der Waals surface area contributed by atoms with Crippen molar-refractivity contribution < 1.29 is 13.2 Å². The zero-order valence-electron chi connectivity index (χ0n) is 14.4. The first-order chi connectivity index (χ1) is 11.7. The molecule has 134 valence electrons. The highest BCUT2D eigenvalue weighted by Crippen LogP contribution is 2.16. The Kier molecular flexibility index (Phi) is 5.76. The number of pyridine rings is 1. The maximum atomic E-state index is 12.3. The summed E-state index contributed by atoms with van der Waals surface area (Å²) in [4.78, 5) is 23.7. The van der Waals surface area contributed by atoms with Crippen molar-refractivity contribution >= 4 is 15.9 Å². The standard InChI is InChI=1S/C17H21N3O4S/c1-12-4-5-13(2)15(10-12)25(23,24)19-8-7-18-17(22)14-6-9-20(3)16(21)11-14/h4-6,9-11,19H,7-8H2,1-3H3,(H,18,22). The highest BCUT2D eigenvalue weighted by atomic mass is 32.2. The number of carbonyl (C=O) groups excluding carboxylic acids is 1. The van der Waals surface area contributed by atoms with Crippen molar-refractivity contribution in [1.29, 1.82) is 0 Å². The fourth-order valence-corrected chi connectivity index (χ4v) is 3.59. The van der Waals surface area contributed by atoms with E-state index in [2.05, 4.69) is 10.0 Å². The zero-order chi connectivity index (χ0) is 18.6. The summed E-state index contributed by atoms with van der Waals surface area (Å²) in [6.45, 7) is 3.71. The molecule has 0 aliphatic carbocycles. The van der Waals surface area contributed by atoms with Crippen LogP contribution in [0.3, 0.4) is 0 Å². The molecular weight excluding hydrogens is 342 g/mol. The van der Waals surface area contributed by atoms with Gasteiger partial charge in [0.2, 0.25) is 10.0 Å². The van der Waals surface area contributed by atoms with Crippen LogP contribution in [0.25, 0.3) is 0 Å². The Morgan fingerprint density at radius 2 is 1.84 bits per heavy atom. The summed E-state index contributed by atoms with van der Waals surface area (Å²) in [6, 6.07) is 7.96. The van der Waals surface area contributed by atoms with Gasteiger partial charge in [0.05, 0.1) is 4.90 Å². The lowest BCUT2D eigenvalue weighted by Gasteiger charge is -2.11. The molecule has 0 aliphatic heterocycles. The molecule has 0 fully saturated rings. The topological polar surface area (TPSA) is 97.3 Å². The molecule has 0 saturated carbocycles. The van der Waals surface area contributed by atoms with Gasteiger partial charge in [0.15, 0.2) is 0 Å². The van der Waals surface area contributed by atoms with Crippen molar-refractivity contribution in [2.24, 2.45) is 7.05 Å². The molecule has 0 radical (unpaired) electrons. The third-order valence-corrected chi connectivity index (χ3v) is 5.31. The van der Waals surface area contributed by atoms with Gasteiger partial charge in [-0.3, -0.25) is 9.59 Å². The average molecular weight is 363 g/mol. The molecule has 0 saturated heterocycles. The first-order valence-electron chi connectivity index (χ1n) is 7.72. The average Bonchev–Trinajstić information content (AvgIpc) is 2.56. The zero-order valence-corrected chi connectivity index (χ0v) is 15.2. The fourth-order valence-electron chi connectivity index (χ4n) is 2.23. The minimum Gasteiger partial charge on any atom is -0.351 e. The van der Waals surface area contributed by atoms with E-state index in [0.717, 1.165) is 5.56 Å². The van der Waals surface area contributed by atoms with Crippen LogP contribution in [0, 0.1) is 13.8 Å². The van der Waals surface area contributed by atoms with Crippen LogP contribution in [0.5, 0.6) is 0 Å². The number of aromatic nitrogens is 1. The number of aryl methyl sites for hydroxylation is 3. The van der Waals surface area contributed by atoms with E-state index in [4.69, 9.17) is 0 Å². The summed E-state index contributed by atoms with van der Waals surface area (Å²) < 4.78 is 28.5. The molecule has 2 N–H and O–H groups in total. The van der Waals surface area contributed by atoms with Crippen molar-refractivity contribution in [3.8, 4) is 0 Å². The highest BCUT2D eigenvalue weighted by molar-refractivity contribution is 7.89. The number of nitrogens with one attached hydrogen (secondary N) is 2. The molecule has 0 aliphatic rings. The second kappa shape index (κ2) is 7.62. The Morgan fingerprint density at radius 1 is 1.12 bits per heavy atom. The predicted molar refractivity (Wildman–Crippen MR) is 95.1 cm³/mol. The summed E-state index contributed by atoms with van der Waals surface area (Å²) in [6.07, 6.45) is 1.50. The maximum absolute atomic E-state index is 12.3. The second-order valence-electron chi connectivity index (χ2n) is 5.79. The van der Waals surface area contributed by atoms with Crippen LogP contribution in [-0.2, 0) is 17.1 Å².